The fraction of sp³-hybridized carbons (Fsp3) is 0.176. The summed E-state index contributed by atoms with van der Waals surface area (Å²) in [6, 6.07) is 19.5. The van der Waals surface area contributed by atoms with Gasteiger partial charge in [0.05, 0.1) is 13.2 Å². The molecule has 6 heteroatoms. The quantitative estimate of drug-likeness (QED) is 0.0762. The predicted octanol–water partition coefficient (Wildman–Crippen LogP) is 9.88. The van der Waals surface area contributed by atoms with Gasteiger partial charge in [-0.2, -0.15) is 4.39 Å². The molecular weight excluding hydrogens is 516 g/mol. The zero-order chi connectivity index (χ0) is 28.5. The van der Waals surface area contributed by atoms with Gasteiger partial charge in [0.1, 0.15) is 5.75 Å². The molecule has 0 bridgehead atoms. The lowest BCUT2D eigenvalue weighted by molar-refractivity contribution is 0.301. The van der Waals surface area contributed by atoms with E-state index in [1.165, 1.54) is 18.2 Å². The number of ether oxygens (including phenoxy) is 2. The summed E-state index contributed by atoms with van der Waals surface area (Å²) in [7, 11) is 0. The van der Waals surface area contributed by atoms with E-state index in [0.29, 0.717) is 35.5 Å². The van der Waals surface area contributed by atoms with E-state index in [2.05, 4.69) is 13.5 Å². The van der Waals surface area contributed by atoms with Crippen molar-refractivity contribution in [3.8, 4) is 33.8 Å². The molecule has 4 aromatic carbocycles. The van der Waals surface area contributed by atoms with Gasteiger partial charge in [-0.1, -0.05) is 80.1 Å². The summed E-state index contributed by atoms with van der Waals surface area (Å²) >= 11 is 0. The van der Waals surface area contributed by atoms with Gasteiger partial charge in [0.15, 0.2) is 23.2 Å². The minimum Gasteiger partial charge on any atom is -0.494 e. The maximum atomic E-state index is 15.1. The molecule has 0 saturated carbocycles. The molecule has 0 heterocycles. The first-order chi connectivity index (χ1) is 19.4. The average Bonchev–Trinajstić information content (AvgIpc) is 2.97. The summed E-state index contributed by atoms with van der Waals surface area (Å²) < 4.78 is 69.8. The molecule has 4 aromatic rings. The topological polar surface area (TPSA) is 18.5 Å². The van der Waals surface area contributed by atoms with Gasteiger partial charge in [0.2, 0.25) is 5.82 Å². The Bertz CT molecular complexity index is 1480. The fourth-order valence-electron chi connectivity index (χ4n) is 4.06. The molecule has 4 rings (SSSR count). The van der Waals surface area contributed by atoms with Gasteiger partial charge >= 0.3 is 0 Å². The van der Waals surface area contributed by atoms with E-state index < -0.39 is 23.3 Å². The lowest BCUT2D eigenvalue weighted by atomic mass is 9.98. The Hall–Kier alpha value is -4.32. The fourth-order valence-corrected chi connectivity index (χ4v) is 4.06. The summed E-state index contributed by atoms with van der Waals surface area (Å²) in [5.41, 5.74) is 2.04. The van der Waals surface area contributed by atoms with E-state index in [0.717, 1.165) is 12.8 Å². The highest BCUT2D eigenvalue weighted by Crippen LogP contribution is 2.32. The summed E-state index contributed by atoms with van der Waals surface area (Å²) in [5.74, 6) is -3.43. The van der Waals surface area contributed by atoms with Gasteiger partial charge in [-0.05, 0) is 53.8 Å². The van der Waals surface area contributed by atoms with Crippen LogP contribution in [0.4, 0.5) is 17.6 Å². The molecule has 0 aliphatic heterocycles. The van der Waals surface area contributed by atoms with Gasteiger partial charge in [-0.25, -0.2) is 13.2 Å². The third kappa shape index (κ3) is 6.81. The van der Waals surface area contributed by atoms with Crippen LogP contribution < -0.4 is 9.47 Å². The highest BCUT2D eigenvalue weighted by molar-refractivity contribution is 5.75. The van der Waals surface area contributed by atoms with Crippen molar-refractivity contribution in [3.05, 3.63) is 120 Å². The molecule has 0 unspecified atom stereocenters. The van der Waals surface area contributed by atoms with E-state index in [4.69, 9.17) is 9.47 Å². The lowest BCUT2D eigenvalue weighted by Gasteiger charge is -2.11. The Balaban J connectivity index is 1.47. The molecule has 0 atom stereocenters. The molecule has 206 valence electrons. The van der Waals surface area contributed by atoms with E-state index in [-0.39, 0.29) is 29.0 Å². The van der Waals surface area contributed by atoms with Crippen LogP contribution in [0.25, 0.3) is 34.4 Å². The Morgan fingerprint density at radius 3 is 1.88 bits per heavy atom. The summed E-state index contributed by atoms with van der Waals surface area (Å²) in [4.78, 5) is 0. The van der Waals surface area contributed by atoms with Gasteiger partial charge in [-0.15, -0.1) is 6.58 Å². The number of benzene rings is 4. The van der Waals surface area contributed by atoms with Crippen molar-refractivity contribution in [1.29, 1.82) is 0 Å². The van der Waals surface area contributed by atoms with Crippen molar-refractivity contribution < 1.29 is 27.0 Å². The van der Waals surface area contributed by atoms with E-state index in [9.17, 15) is 8.78 Å². The van der Waals surface area contributed by atoms with E-state index in [1.54, 1.807) is 72.8 Å². The Morgan fingerprint density at radius 2 is 1.27 bits per heavy atom. The second-order valence-electron chi connectivity index (χ2n) is 9.18. The molecule has 0 fully saturated rings. The van der Waals surface area contributed by atoms with Crippen LogP contribution in [0.2, 0.25) is 0 Å². The number of unbranched alkanes of at least 4 members (excludes halogenated alkanes) is 1. The van der Waals surface area contributed by atoms with Crippen molar-refractivity contribution in [1.82, 2.24) is 0 Å². The third-order valence-electron chi connectivity index (χ3n) is 6.35. The normalized spacial score (nSPS) is 11.1. The van der Waals surface area contributed by atoms with Crippen LogP contribution in [0.3, 0.4) is 0 Å². The van der Waals surface area contributed by atoms with Crippen LogP contribution >= 0.6 is 0 Å². The van der Waals surface area contributed by atoms with Crippen molar-refractivity contribution in [2.24, 2.45) is 0 Å². The first-order valence-corrected chi connectivity index (χ1v) is 13.1. The van der Waals surface area contributed by atoms with Gasteiger partial charge in [0.25, 0.3) is 0 Å². The minimum absolute atomic E-state index is 0.0573. The molecule has 0 aromatic heterocycles. The predicted molar refractivity (Wildman–Crippen MR) is 153 cm³/mol. The lowest BCUT2D eigenvalue weighted by Crippen LogP contribution is -2.00. The monoisotopic (exact) mass is 546 g/mol. The molecule has 40 heavy (non-hydrogen) atoms. The summed E-state index contributed by atoms with van der Waals surface area (Å²) in [6.07, 6.45) is 7.16. The second-order valence-corrected chi connectivity index (χ2v) is 9.18. The largest absolute Gasteiger partial charge is 0.494 e. The van der Waals surface area contributed by atoms with Crippen LogP contribution in [-0.2, 0) is 0 Å². The number of hydrogen-bond donors (Lipinski definition) is 0. The van der Waals surface area contributed by atoms with Gasteiger partial charge in [-0.3, -0.25) is 0 Å². The third-order valence-corrected chi connectivity index (χ3v) is 6.35. The van der Waals surface area contributed by atoms with Crippen LogP contribution in [0, 0.1) is 23.3 Å². The number of halogens is 4. The molecule has 0 aliphatic carbocycles. The van der Waals surface area contributed by atoms with Crippen molar-refractivity contribution in [2.45, 2.75) is 26.2 Å². The first-order valence-electron chi connectivity index (χ1n) is 13.1. The highest BCUT2D eigenvalue weighted by atomic mass is 19.2. The Kier molecular flexibility index (Phi) is 9.79. The summed E-state index contributed by atoms with van der Waals surface area (Å²) in [5, 5.41) is 0. The standard InChI is InChI=1S/C34H30F4O2/c1-3-5-21-39-27-16-13-25(14-17-27)29-19-18-28(32(36)33(29)37)24-10-7-23(8-11-24)9-12-26-15-20-30(34(38)31(26)35)40-22-6-4-2/h4,7-20H,2-3,5-6,21-22H2,1H3/b12-9+. The Labute approximate surface area is 232 Å². The molecule has 0 amide bonds. The first kappa shape index (κ1) is 28.7. The number of hydrogen-bond acceptors (Lipinski definition) is 2. The van der Waals surface area contributed by atoms with Crippen LogP contribution in [0.1, 0.15) is 37.3 Å². The maximum Gasteiger partial charge on any atom is 0.201 e. The van der Waals surface area contributed by atoms with Crippen LogP contribution in [0.15, 0.2) is 85.5 Å². The number of rotatable bonds is 12. The molecule has 2 nitrogen and oxygen atoms in total. The maximum absolute atomic E-state index is 15.1. The van der Waals surface area contributed by atoms with E-state index in [1.807, 2.05) is 0 Å². The molecule has 0 spiro atoms. The average molecular weight is 547 g/mol. The SMILES string of the molecule is C=CCCOc1ccc(/C=C/c2ccc(-c3ccc(-c4ccc(OCCCC)cc4)c(F)c3F)cc2)c(F)c1F. The molecular formula is C34H30F4O2. The molecule has 0 N–H and O–H groups in total. The van der Waals surface area contributed by atoms with Crippen LogP contribution in [-0.4, -0.2) is 13.2 Å². The van der Waals surface area contributed by atoms with Crippen molar-refractivity contribution in [2.75, 3.05) is 13.2 Å². The van der Waals surface area contributed by atoms with Gasteiger partial charge < -0.3 is 9.47 Å². The Morgan fingerprint density at radius 1 is 0.650 bits per heavy atom. The summed E-state index contributed by atoms with van der Waals surface area (Å²) in [6.45, 7) is 6.45. The molecule has 0 radical (unpaired) electrons. The van der Waals surface area contributed by atoms with Crippen molar-refractivity contribution >= 4 is 12.2 Å². The molecule has 0 aliphatic rings. The minimum atomic E-state index is -1.06. The van der Waals surface area contributed by atoms with Crippen molar-refractivity contribution in [3.63, 3.8) is 0 Å². The van der Waals surface area contributed by atoms with Gasteiger partial charge in [0, 0.05) is 16.7 Å². The van der Waals surface area contributed by atoms with E-state index >= 15 is 8.78 Å². The zero-order valence-electron chi connectivity index (χ0n) is 22.2. The smallest absolute Gasteiger partial charge is 0.201 e. The van der Waals surface area contributed by atoms with Crippen LogP contribution in [0.5, 0.6) is 11.5 Å². The highest BCUT2D eigenvalue weighted by Gasteiger charge is 2.16. The second kappa shape index (κ2) is 13.7. The molecule has 0 saturated heterocycles. The zero-order valence-corrected chi connectivity index (χ0v) is 22.2.